The average molecular weight is 415 g/mol. The molecule has 0 aromatic heterocycles. The van der Waals surface area contributed by atoms with Crippen LogP contribution in [0, 0.1) is 5.92 Å². The highest BCUT2D eigenvalue weighted by Crippen LogP contribution is 2.33. The molecule has 2 aromatic carbocycles. The Balaban J connectivity index is 1.70. The topological polar surface area (TPSA) is 91.0 Å². The minimum Gasteiger partial charge on any atom is -0.492 e. The lowest BCUT2D eigenvalue weighted by Gasteiger charge is -2.10. The number of hydrogen-bond acceptors (Lipinski definition) is 6. The zero-order valence-electron chi connectivity index (χ0n) is 16.2. The van der Waals surface area contributed by atoms with Crippen LogP contribution in [0.1, 0.15) is 46.0 Å². The molecule has 0 radical (unpaired) electrons. The largest absolute Gasteiger partial charge is 0.492 e. The monoisotopic (exact) mass is 414 g/mol. The van der Waals surface area contributed by atoms with E-state index in [9.17, 15) is 9.59 Å². The van der Waals surface area contributed by atoms with Crippen LogP contribution in [0.2, 0.25) is 5.02 Å². The standard InChI is InChI=1S/C22H23ClN2O4/c1-2-28-22(27)17-6-4-3-5-16(17)20(26)12-25-11-15-9-21(18(23)10-19(15)24)29-13-14-7-8-14/h3-6,9-11,14H,2,7-8,12-13,24H2,1H3. The fourth-order valence-corrected chi connectivity index (χ4v) is 2.95. The number of aliphatic imine (C=N–C) groups is 1. The van der Waals surface area contributed by atoms with Crippen LogP contribution < -0.4 is 10.5 Å². The van der Waals surface area contributed by atoms with Crippen molar-refractivity contribution in [2.75, 3.05) is 25.5 Å². The number of ketones is 1. The molecule has 0 saturated heterocycles. The van der Waals surface area contributed by atoms with Crippen LogP contribution in [0.25, 0.3) is 0 Å². The number of nitrogens with zero attached hydrogens (tertiary/aromatic N) is 1. The van der Waals surface area contributed by atoms with Crippen LogP contribution >= 0.6 is 11.6 Å². The van der Waals surface area contributed by atoms with Crippen molar-refractivity contribution in [1.82, 2.24) is 0 Å². The summed E-state index contributed by atoms with van der Waals surface area (Å²) in [7, 11) is 0. The summed E-state index contributed by atoms with van der Waals surface area (Å²) in [6, 6.07) is 9.87. The average Bonchev–Trinajstić information content (AvgIpc) is 3.53. The van der Waals surface area contributed by atoms with E-state index in [0.717, 1.165) is 0 Å². The molecule has 29 heavy (non-hydrogen) atoms. The van der Waals surface area contributed by atoms with Crippen LogP contribution in [0.3, 0.4) is 0 Å². The van der Waals surface area contributed by atoms with Crippen LogP contribution in [-0.2, 0) is 4.74 Å². The van der Waals surface area contributed by atoms with Gasteiger partial charge in [-0.1, -0.05) is 29.8 Å². The first-order valence-electron chi connectivity index (χ1n) is 9.50. The molecule has 2 aromatic rings. The summed E-state index contributed by atoms with van der Waals surface area (Å²) in [5.41, 5.74) is 7.58. The number of rotatable bonds is 9. The van der Waals surface area contributed by atoms with Crippen molar-refractivity contribution in [1.29, 1.82) is 0 Å². The Morgan fingerprint density at radius 3 is 2.66 bits per heavy atom. The minimum atomic E-state index is -0.528. The molecule has 0 aliphatic heterocycles. The van der Waals surface area contributed by atoms with Gasteiger partial charge in [-0.2, -0.15) is 0 Å². The highest BCUT2D eigenvalue weighted by Gasteiger charge is 2.22. The maximum Gasteiger partial charge on any atom is 0.338 e. The predicted octanol–water partition coefficient (Wildman–Crippen LogP) is 4.19. The molecule has 0 unspecified atom stereocenters. The third-order valence-electron chi connectivity index (χ3n) is 4.50. The van der Waals surface area contributed by atoms with Gasteiger partial charge < -0.3 is 15.2 Å². The molecule has 152 valence electrons. The first-order chi connectivity index (χ1) is 14.0. The lowest BCUT2D eigenvalue weighted by Crippen LogP contribution is -2.13. The van der Waals surface area contributed by atoms with Crippen molar-refractivity contribution >= 4 is 35.3 Å². The number of carbonyl (C=O) groups excluding carboxylic acids is 2. The summed E-state index contributed by atoms with van der Waals surface area (Å²) in [5.74, 6) is 0.327. The molecule has 1 aliphatic carbocycles. The Hall–Kier alpha value is -2.86. The predicted molar refractivity (Wildman–Crippen MR) is 113 cm³/mol. The van der Waals surface area contributed by atoms with E-state index in [1.165, 1.54) is 19.1 Å². The molecule has 1 fully saturated rings. The number of hydrogen-bond donors (Lipinski definition) is 1. The van der Waals surface area contributed by atoms with E-state index in [-0.39, 0.29) is 30.1 Å². The molecule has 0 bridgehead atoms. The lowest BCUT2D eigenvalue weighted by atomic mass is 10.0. The zero-order valence-corrected chi connectivity index (χ0v) is 16.9. The molecular formula is C22H23ClN2O4. The van der Waals surface area contributed by atoms with Gasteiger partial charge in [0.2, 0.25) is 0 Å². The van der Waals surface area contributed by atoms with Gasteiger partial charge in [0.15, 0.2) is 5.78 Å². The molecule has 0 heterocycles. The highest BCUT2D eigenvalue weighted by molar-refractivity contribution is 6.32. The van der Waals surface area contributed by atoms with Gasteiger partial charge in [0.25, 0.3) is 0 Å². The second kappa shape index (κ2) is 9.56. The van der Waals surface area contributed by atoms with E-state index in [4.69, 9.17) is 26.8 Å². The number of anilines is 1. The lowest BCUT2D eigenvalue weighted by molar-refractivity contribution is 0.0523. The molecule has 0 atom stereocenters. The summed E-state index contributed by atoms with van der Waals surface area (Å²) in [6.07, 6.45) is 3.87. The maximum atomic E-state index is 12.6. The third-order valence-corrected chi connectivity index (χ3v) is 4.79. The Kier molecular flexibility index (Phi) is 6.88. The van der Waals surface area contributed by atoms with Gasteiger partial charge >= 0.3 is 5.97 Å². The number of esters is 1. The summed E-state index contributed by atoms with van der Waals surface area (Å²) in [5, 5.41) is 0.444. The third kappa shape index (κ3) is 5.57. The van der Waals surface area contributed by atoms with E-state index >= 15 is 0 Å². The number of benzene rings is 2. The number of ether oxygens (including phenoxy) is 2. The van der Waals surface area contributed by atoms with Crippen LogP contribution in [0.5, 0.6) is 5.75 Å². The van der Waals surface area contributed by atoms with Gasteiger partial charge in [-0.15, -0.1) is 0 Å². The molecule has 0 spiro atoms. The fourth-order valence-electron chi connectivity index (χ4n) is 2.72. The quantitative estimate of drug-likeness (QED) is 0.287. The van der Waals surface area contributed by atoms with Crippen molar-refractivity contribution in [3.05, 3.63) is 58.1 Å². The Bertz CT molecular complexity index is 938. The van der Waals surface area contributed by atoms with Crippen LogP contribution in [0.15, 0.2) is 41.4 Å². The van der Waals surface area contributed by atoms with E-state index < -0.39 is 5.97 Å². The van der Waals surface area contributed by atoms with Gasteiger partial charge in [-0.05, 0) is 43.9 Å². The Labute approximate surface area is 174 Å². The molecule has 7 heteroatoms. The second-order valence-electron chi connectivity index (χ2n) is 6.82. The van der Waals surface area contributed by atoms with Gasteiger partial charge in [0.05, 0.1) is 23.8 Å². The minimum absolute atomic E-state index is 0.128. The second-order valence-corrected chi connectivity index (χ2v) is 7.23. The number of carbonyl (C=O) groups is 2. The fraction of sp³-hybridized carbons (Fsp3) is 0.318. The zero-order chi connectivity index (χ0) is 20.8. The number of halogens is 1. The molecule has 0 amide bonds. The number of Topliss-reactive ketones (excluding diaryl/α,β-unsaturated/α-hetero) is 1. The van der Waals surface area contributed by atoms with Gasteiger partial charge in [-0.25, -0.2) is 4.79 Å². The maximum absolute atomic E-state index is 12.6. The summed E-state index contributed by atoms with van der Waals surface area (Å²) < 4.78 is 10.8. The number of nitrogen functional groups attached to an aromatic ring is 1. The normalized spacial score (nSPS) is 13.4. The van der Waals surface area contributed by atoms with Crippen LogP contribution in [0.4, 0.5) is 5.69 Å². The SMILES string of the molecule is CCOC(=O)c1ccccc1C(=O)CN=Cc1cc(OCC2CC2)c(Cl)cc1N. The molecule has 3 rings (SSSR count). The number of nitrogens with two attached hydrogens (primary N) is 1. The van der Waals surface area contributed by atoms with E-state index in [2.05, 4.69) is 4.99 Å². The van der Waals surface area contributed by atoms with E-state index in [1.807, 2.05) is 0 Å². The molecule has 6 nitrogen and oxygen atoms in total. The first kappa shape index (κ1) is 20.9. The van der Waals surface area contributed by atoms with Crippen molar-refractivity contribution in [3.63, 3.8) is 0 Å². The molecular weight excluding hydrogens is 392 g/mol. The van der Waals surface area contributed by atoms with Gasteiger partial charge in [0.1, 0.15) is 12.3 Å². The van der Waals surface area contributed by atoms with E-state index in [1.54, 1.807) is 43.3 Å². The smallest absolute Gasteiger partial charge is 0.338 e. The summed E-state index contributed by atoms with van der Waals surface area (Å²) >= 11 is 6.20. The van der Waals surface area contributed by atoms with E-state index in [0.29, 0.717) is 34.5 Å². The highest BCUT2D eigenvalue weighted by atomic mass is 35.5. The van der Waals surface area contributed by atoms with Gasteiger partial charge in [-0.3, -0.25) is 9.79 Å². The van der Waals surface area contributed by atoms with Crippen molar-refractivity contribution in [3.8, 4) is 5.75 Å². The molecule has 2 N–H and O–H groups in total. The first-order valence-corrected chi connectivity index (χ1v) is 9.88. The van der Waals surface area contributed by atoms with Crippen molar-refractivity contribution in [2.45, 2.75) is 19.8 Å². The Morgan fingerprint density at radius 1 is 1.24 bits per heavy atom. The molecule has 1 aliphatic rings. The van der Waals surface area contributed by atoms with Crippen LogP contribution in [-0.4, -0.2) is 37.7 Å². The molecule has 1 saturated carbocycles. The summed E-state index contributed by atoms with van der Waals surface area (Å²) in [6.45, 7) is 2.45. The van der Waals surface area contributed by atoms with Gasteiger partial charge in [0, 0.05) is 23.0 Å². The van der Waals surface area contributed by atoms with Crippen molar-refractivity contribution in [2.24, 2.45) is 10.9 Å². The Morgan fingerprint density at radius 2 is 1.97 bits per heavy atom. The summed E-state index contributed by atoms with van der Waals surface area (Å²) in [4.78, 5) is 28.8. The van der Waals surface area contributed by atoms with Crippen molar-refractivity contribution < 1.29 is 19.1 Å².